The molecule has 0 bridgehead atoms. The van der Waals surface area contributed by atoms with Gasteiger partial charge in [0.05, 0.1) is 0 Å². The van der Waals surface area contributed by atoms with Crippen LogP contribution in [0.4, 0.5) is 0 Å². The highest BCUT2D eigenvalue weighted by molar-refractivity contribution is 6.09. The molecule has 0 saturated heterocycles. The Morgan fingerprint density at radius 1 is 0.556 bits per heavy atom. The number of rotatable bonds is 0. The summed E-state index contributed by atoms with van der Waals surface area (Å²) in [6.07, 6.45) is 0. The van der Waals surface area contributed by atoms with Gasteiger partial charge in [-0.15, -0.1) is 0 Å². The van der Waals surface area contributed by atoms with Gasteiger partial charge in [-0.05, 0) is 59.1 Å². The minimum atomic E-state index is 0.166. The first-order valence-corrected chi connectivity index (χ1v) is 10.6. The van der Waals surface area contributed by atoms with Gasteiger partial charge in [-0.2, -0.15) is 0 Å². The number of hydrogen-bond acceptors (Lipinski definition) is 0. The van der Waals surface area contributed by atoms with E-state index in [2.05, 4.69) is 84.6 Å². The average Bonchev–Trinajstić information content (AvgIpc) is 2.97. The second-order valence-electron chi connectivity index (χ2n) is 9.06. The van der Waals surface area contributed by atoms with Crippen molar-refractivity contribution in [1.29, 1.82) is 0 Å². The molecule has 3 rings (SSSR count). The van der Waals surface area contributed by atoms with Gasteiger partial charge in [-0.3, -0.25) is 0 Å². The lowest BCUT2D eigenvalue weighted by Gasteiger charge is -2.21. The summed E-state index contributed by atoms with van der Waals surface area (Å²) in [5, 5.41) is 2.72. The Hall–Kier alpha value is -1.76. The second kappa shape index (κ2) is 8.50. The highest BCUT2D eigenvalue weighted by Crippen LogP contribution is 2.36. The van der Waals surface area contributed by atoms with E-state index in [9.17, 15) is 0 Å². The van der Waals surface area contributed by atoms with E-state index in [4.69, 9.17) is 0 Å². The summed E-state index contributed by atoms with van der Waals surface area (Å²) in [5.74, 6) is 0. The van der Waals surface area contributed by atoms with Crippen molar-refractivity contribution in [2.75, 3.05) is 0 Å². The van der Waals surface area contributed by atoms with Crippen LogP contribution < -0.4 is 0 Å². The standard InChI is InChI=1S/C22H29N.2C2H6/c1-13-9-15(21(3,4)5)11-17-18-12-16(22(6,7)8)10-14(2)20(18)23-19(13)17;2*1-2/h9-12,23H,1-8H3;2*1-2H3. The molecule has 0 amide bonds. The maximum absolute atomic E-state index is 3.67. The molecule has 0 unspecified atom stereocenters. The molecule has 1 heterocycles. The molecule has 0 fully saturated rings. The van der Waals surface area contributed by atoms with Gasteiger partial charge < -0.3 is 4.98 Å². The second-order valence-corrected chi connectivity index (χ2v) is 9.06. The van der Waals surface area contributed by atoms with Crippen LogP contribution in [-0.2, 0) is 10.8 Å². The predicted octanol–water partition coefficient (Wildman–Crippen LogP) is 8.59. The predicted molar refractivity (Wildman–Crippen MR) is 125 cm³/mol. The molecule has 1 nitrogen and oxygen atoms in total. The molecule has 1 aromatic heterocycles. The van der Waals surface area contributed by atoms with Crippen LogP contribution in [0.2, 0.25) is 0 Å². The van der Waals surface area contributed by atoms with Gasteiger partial charge in [0.25, 0.3) is 0 Å². The molecule has 0 aliphatic heterocycles. The van der Waals surface area contributed by atoms with Crippen LogP contribution in [-0.4, -0.2) is 4.98 Å². The molecular weight excluding hydrogens is 326 g/mol. The van der Waals surface area contributed by atoms with Crippen LogP contribution >= 0.6 is 0 Å². The van der Waals surface area contributed by atoms with Gasteiger partial charge in [-0.1, -0.05) is 81.4 Å². The summed E-state index contributed by atoms with van der Waals surface area (Å²) in [4.78, 5) is 3.67. The Bertz CT molecular complexity index is 822. The normalized spacial score (nSPS) is 11.7. The van der Waals surface area contributed by atoms with E-state index in [0.29, 0.717) is 0 Å². The molecule has 2 aromatic carbocycles. The Balaban J connectivity index is 0.000000855. The lowest BCUT2D eigenvalue weighted by Crippen LogP contribution is -2.11. The van der Waals surface area contributed by atoms with Crippen LogP contribution in [0.3, 0.4) is 0 Å². The summed E-state index contributed by atoms with van der Waals surface area (Å²) >= 11 is 0. The van der Waals surface area contributed by atoms with E-state index < -0.39 is 0 Å². The Morgan fingerprint density at radius 3 is 1.11 bits per heavy atom. The minimum Gasteiger partial charge on any atom is -0.354 e. The van der Waals surface area contributed by atoms with Crippen molar-refractivity contribution in [2.24, 2.45) is 0 Å². The first-order chi connectivity index (χ1) is 12.5. The summed E-state index contributed by atoms with van der Waals surface area (Å²) in [7, 11) is 0. The topological polar surface area (TPSA) is 15.8 Å². The third-order valence-corrected chi connectivity index (χ3v) is 4.94. The van der Waals surface area contributed by atoms with Crippen molar-refractivity contribution in [1.82, 2.24) is 4.98 Å². The fourth-order valence-electron chi connectivity index (χ4n) is 3.32. The van der Waals surface area contributed by atoms with E-state index in [-0.39, 0.29) is 10.8 Å². The van der Waals surface area contributed by atoms with E-state index in [1.807, 2.05) is 27.7 Å². The number of hydrogen-bond donors (Lipinski definition) is 1. The summed E-state index contributed by atoms with van der Waals surface area (Å²) in [6.45, 7) is 26.1. The summed E-state index contributed by atoms with van der Waals surface area (Å²) < 4.78 is 0. The van der Waals surface area contributed by atoms with E-state index in [1.54, 1.807) is 0 Å². The van der Waals surface area contributed by atoms with Crippen LogP contribution in [0.1, 0.15) is 91.5 Å². The molecule has 3 aromatic rings. The van der Waals surface area contributed by atoms with Gasteiger partial charge in [-0.25, -0.2) is 0 Å². The third-order valence-electron chi connectivity index (χ3n) is 4.94. The molecule has 0 atom stereocenters. The monoisotopic (exact) mass is 367 g/mol. The molecule has 0 saturated carbocycles. The van der Waals surface area contributed by atoms with Gasteiger partial charge in [0.2, 0.25) is 0 Å². The Labute approximate surface area is 167 Å². The fourth-order valence-corrected chi connectivity index (χ4v) is 3.32. The first kappa shape index (κ1) is 23.3. The highest BCUT2D eigenvalue weighted by Gasteiger charge is 2.20. The SMILES string of the molecule is CC.CC.Cc1cc(C(C)(C)C)cc2c1[nH]c1c(C)cc(C(C)(C)C)cc12. The smallest absolute Gasteiger partial charge is 0.0494 e. The fraction of sp³-hybridized carbons (Fsp3) is 0.538. The van der Waals surface area contributed by atoms with Gasteiger partial charge in [0, 0.05) is 21.8 Å². The number of H-pyrrole nitrogens is 1. The number of nitrogens with one attached hydrogen (secondary N) is 1. The highest BCUT2D eigenvalue weighted by atomic mass is 14.7. The molecule has 27 heavy (non-hydrogen) atoms. The number of aryl methyl sites for hydroxylation is 2. The number of fused-ring (bicyclic) bond motifs is 3. The first-order valence-electron chi connectivity index (χ1n) is 10.6. The van der Waals surface area contributed by atoms with Crippen molar-refractivity contribution in [2.45, 2.75) is 93.9 Å². The van der Waals surface area contributed by atoms with Gasteiger partial charge in [0.15, 0.2) is 0 Å². The quantitative estimate of drug-likeness (QED) is 0.409. The minimum absolute atomic E-state index is 0.166. The maximum atomic E-state index is 3.67. The van der Waals surface area contributed by atoms with Crippen LogP contribution in [0.25, 0.3) is 21.8 Å². The summed E-state index contributed by atoms with van der Waals surface area (Å²) in [5.41, 5.74) is 8.37. The lowest BCUT2D eigenvalue weighted by molar-refractivity contribution is 0.590. The van der Waals surface area contributed by atoms with Crippen molar-refractivity contribution in [3.8, 4) is 0 Å². The average molecular weight is 368 g/mol. The van der Waals surface area contributed by atoms with Crippen molar-refractivity contribution in [3.05, 3.63) is 46.5 Å². The molecule has 1 heteroatoms. The van der Waals surface area contributed by atoms with Crippen LogP contribution in [0.5, 0.6) is 0 Å². The van der Waals surface area contributed by atoms with E-state index >= 15 is 0 Å². The zero-order chi connectivity index (χ0) is 21.2. The van der Waals surface area contributed by atoms with E-state index in [1.165, 1.54) is 44.1 Å². The number of aromatic nitrogens is 1. The molecule has 150 valence electrons. The molecule has 0 aliphatic carbocycles. The van der Waals surface area contributed by atoms with Gasteiger partial charge >= 0.3 is 0 Å². The zero-order valence-corrected chi connectivity index (χ0v) is 19.8. The Kier molecular flexibility index (Phi) is 7.33. The Morgan fingerprint density at radius 2 is 0.852 bits per heavy atom. The largest absolute Gasteiger partial charge is 0.354 e. The van der Waals surface area contributed by atoms with Crippen molar-refractivity contribution < 1.29 is 0 Å². The number of benzene rings is 2. The molecule has 0 aliphatic rings. The molecule has 1 N–H and O–H groups in total. The van der Waals surface area contributed by atoms with Crippen molar-refractivity contribution in [3.63, 3.8) is 0 Å². The van der Waals surface area contributed by atoms with Crippen LogP contribution in [0.15, 0.2) is 24.3 Å². The zero-order valence-electron chi connectivity index (χ0n) is 19.8. The molecular formula is C26H41N. The number of aromatic amines is 1. The molecule has 0 spiro atoms. The maximum Gasteiger partial charge on any atom is 0.0494 e. The third kappa shape index (κ3) is 4.75. The summed E-state index contributed by atoms with van der Waals surface area (Å²) in [6, 6.07) is 9.43. The van der Waals surface area contributed by atoms with E-state index in [0.717, 1.165) is 0 Å². The van der Waals surface area contributed by atoms with Crippen LogP contribution in [0, 0.1) is 13.8 Å². The lowest BCUT2D eigenvalue weighted by atomic mass is 9.83. The molecule has 0 radical (unpaired) electrons. The van der Waals surface area contributed by atoms with Gasteiger partial charge in [0.1, 0.15) is 0 Å². The van der Waals surface area contributed by atoms with Crippen molar-refractivity contribution >= 4 is 21.8 Å².